The number of halogens is 3. The van der Waals surface area contributed by atoms with E-state index in [1.54, 1.807) is 0 Å². The van der Waals surface area contributed by atoms with Gasteiger partial charge in [0.05, 0.1) is 19.3 Å². The predicted octanol–water partition coefficient (Wildman–Crippen LogP) is 1.91. The molecule has 0 atom stereocenters. The van der Waals surface area contributed by atoms with E-state index in [2.05, 4.69) is 9.47 Å². The molecule has 1 N–H and O–H groups in total. The van der Waals surface area contributed by atoms with Gasteiger partial charge in [-0.2, -0.15) is 13.2 Å². The molecule has 0 unspecified atom stereocenters. The topological polar surface area (TPSA) is 55.8 Å². The second kappa shape index (κ2) is 5.72. The van der Waals surface area contributed by atoms with Crippen molar-refractivity contribution in [3.05, 3.63) is 29.3 Å². The fourth-order valence-corrected chi connectivity index (χ4v) is 1.25. The van der Waals surface area contributed by atoms with Gasteiger partial charge in [-0.3, -0.25) is 0 Å². The second-order valence-electron chi connectivity index (χ2n) is 3.38. The highest BCUT2D eigenvalue weighted by Crippen LogP contribution is 2.23. The first-order chi connectivity index (χ1) is 8.37. The van der Waals surface area contributed by atoms with E-state index < -0.39 is 25.4 Å². The average molecular weight is 264 g/mol. The smallest absolute Gasteiger partial charge is 0.422 e. The van der Waals surface area contributed by atoms with E-state index in [-0.39, 0.29) is 16.9 Å². The summed E-state index contributed by atoms with van der Waals surface area (Å²) in [5.41, 5.74) is 0.211. The quantitative estimate of drug-likeness (QED) is 0.844. The summed E-state index contributed by atoms with van der Waals surface area (Å²) in [6, 6.07) is 3.66. The van der Waals surface area contributed by atoms with E-state index in [4.69, 9.17) is 5.11 Å². The van der Waals surface area contributed by atoms with Crippen LogP contribution in [0.4, 0.5) is 13.2 Å². The molecule has 1 aromatic rings. The number of esters is 1. The molecule has 0 fully saturated rings. The lowest BCUT2D eigenvalue weighted by Crippen LogP contribution is -2.19. The molecule has 1 rings (SSSR count). The van der Waals surface area contributed by atoms with Gasteiger partial charge in [0.2, 0.25) is 0 Å². The fourth-order valence-electron chi connectivity index (χ4n) is 1.25. The van der Waals surface area contributed by atoms with E-state index >= 15 is 0 Å². The lowest BCUT2D eigenvalue weighted by molar-refractivity contribution is -0.153. The number of hydrogen-bond donors (Lipinski definition) is 1. The fraction of sp³-hybridized carbons (Fsp3) is 0.364. The van der Waals surface area contributed by atoms with Crippen molar-refractivity contribution < 1.29 is 32.5 Å². The zero-order valence-corrected chi connectivity index (χ0v) is 9.45. The number of alkyl halides is 3. The Morgan fingerprint density at radius 2 is 2.06 bits per heavy atom. The summed E-state index contributed by atoms with van der Waals surface area (Å²) in [5, 5.41) is 9.01. The molecule has 0 amide bonds. The lowest BCUT2D eigenvalue weighted by Gasteiger charge is -2.12. The van der Waals surface area contributed by atoms with Gasteiger partial charge in [-0.05, 0) is 18.2 Å². The summed E-state index contributed by atoms with van der Waals surface area (Å²) in [7, 11) is 1.18. The Morgan fingerprint density at radius 3 is 2.56 bits per heavy atom. The molecule has 0 radical (unpaired) electrons. The first kappa shape index (κ1) is 14.3. The highest BCUT2D eigenvalue weighted by atomic mass is 19.4. The molecule has 100 valence electrons. The van der Waals surface area contributed by atoms with Gasteiger partial charge in [-0.15, -0.1) is 0 Å². The standard InChI is InChI=1S/C11H11F3O4/c1-17-10(16)7-2-3-9(8(4-7)5-15)18-6-11(12,13)14/h2-4,15H,5-6H2,1H3. The Hall–Kier alpha value is -1.76. The highest BCUT2D eigenvalue weighted by Gasteiger charge is 2.28. The maximum atomic E-state index is 12.0. The summed E-state index contributed by atoms with van der Waals surface area (Å²) >= 11 is 0. The Bertz CT molecular complexity index is 429. The van der Waals surface area contributed by atoms with Gasteiger partial charge in [0.15, 0.2) is 6.61 Å². The van der Waals surface area contributed by atoms with Crippen LogP contribution >= 0.6 is 0 Å². The summed E-state index contributed by atoms with van der Waals surface area (Å²) in [6.45, 7) is -2.00. The van der Waals surface area contributed by atoms with Gasteiger partial charge in [-0.25, -0.2) is 4.79 Å². The normalized spacial score (nSPS) is 11.2. The summed E-state index contributed by atoms with van der Waals surface area (Å²) < 4.78 is 44.9. The predicted molar refractivity (Wildman–Crippen MR) is 55.3 cm³/mol. The molecular formula is C11H11F3O4. The van der Waals surface area contributed by atoms with Crippen LogP contribution in [0, 0.1) is 0 Å². The van der Waals surface area contributed by atoms with Crippen molar-refractivity contribution in [2.24, 2.45) is 0 Å². The first-order valence-electron chi connectivity index (χ1n) is 4.89. The van der Waals surface area contributed by atoms with Crippen LogP contribution in [-0.4, -0.2) is 31.0 Å². The van der Waals surface area contributed by atoms with Crippen molar-refractivity contribution in [1.82, 2.24) is 0 Å². The van der Waals surface area contributed by atoms with E-state index in [9.17, 15) is 18.0 Å². The van der Waals surface area contributed by atoms with Crippen LogP contribution in [0.5, 0.6) is 5.75 Å². The maximum absolute atomic E-state index is 12.0. The third kappa shape index (κ3) is 3.92. The van der Waals surface area contributed by atoms with E-state index in [0.717, 1.165) is 0 Å². The van der Waals surface area contributed by atoms with Crippen molar-refractivity contribution in [3.8, 4) is 5.75 Å². The third-order valence-corrected chi connectivity index (χ3v) is 2.04. The van der Waals surface area contributed by atoms with Crippen LogP contribution in [0.3, 0.4) is 0 Å². The number of hydrogen-bond acceptors (Lipinski definition) is 4. The van der Waals surface area contributed by atoms with E-state index in [1.807, 2.05) is 0 Å². The lowest BCUT2D eigenvalue weighted by atomic mass is 10.1. The molecule has 0 saturated heterocycles. The molecule has 0 aliphatic heterocycles. The van der Waals surface area contributed by atoms with Gasteiger partial charge in [0, 0.05) is 5.56 Å². The Labute approximate surface area is 101 Å². The molecule has 0 spiro atoms. The number of carbonyl (C=O) groups excluding carboxylic acids is 1. The number of benzene rings is 1. The van der Waals surface area contributed by atoms with Crippen molar-refractivity contribution >= 4 is 5.97 Å². The minimum atomic E-state index is -4.46. The Balaban J connectivity index is 2.90. The van der Waals surface area contributed by atoms with Crippen molar-refractivity contribution in [1.29, 1.82) is 0 Å². The SMILES string of the molecule is COC(=O)c1ccc(OCC(F)(F)F)c(CO)c1. The van der Waals surface area contributed by atoms with Crippen molar-refractivity contribution in [2.75, 3.05) is 13.7 Å². The van der Waals surface area contributed by atoms with Gasteiger partial charge in [0.25, 0.3) is 0 Å². The summed E-state index contributed by atoms with van der Waals surface area (Å²) in [6.07, 6.45) is -4.46. The van der Waals surface area contributed by atoms with Crippen LogP contribution in [0.25, 0.3) is 0 Å². The Kier molecular flexibility index (Phi) is 4.55. The summed E-state index contributed by atoms with van der Waals surface area (Å²) in [5.74, 6) is -0.769. The first-order valence-corrected chi connectivity index (χ1v) is 4.89. The maximum Gasteiger partial charge on any atom is 0.422 e. The second-order valence-corrected chi connectivity index (χ2v) is 3.38. The van der Waals surface area contributed by atoms with Gasteiger partial charge in [-0.1, -0.05) is 0 Å². The molecule has 0 heterocycles. The van der Waals surface area contributed by atoms with Crippen LogP contribution in [0.1, 0.15) is 15.9 Å². The third-order valence-electron chi connectivity index (χ3n) is 2.04. The number of aliphatic hydroxyl groups is 1. The van der Waals surface area contributed by atoms with Crippen LogP contribution in [0.15, 0.2) is 18.2 Å². The molecule has 4 nitrogen and oxygen atoms in total. The van der Waals surface area contributed by atoms with Crippen LogP contribution in [0.2, 0.25) is 0 Å². The van der Waals surface area contributed by atoms with Crippen molar-refractivity contribution in [3.63, 3.8) is 0 Å². The highest BCUT2D eigenvalue weighted by molar-refractivity contribution is 5.89. The molecule has 0 bridgehead atoms. The molecule has 0 saturated carbocycles. The molecule has 1 aromatic carbocycles. The van der Waals surface area contributed by atoms with Crippen LogP contribution in [-0.2, 0) is 11.3 Å². The number of carbonyl (C=O) groups is 1. The minimum absolute atomic E-state index is 0.0853. The van der Waals surface area contributed by atoms with Gasteiger partial charge >= 0.3 is 12.1 Å². The van der Waals surface area contributed by atoms with E-state index in [1.165, 1.54) is 25.3 Å². The Morgan fingerprint density at radius 1 is 1.39 bits per heavy atom. The largest absolute Gasteiger partial charge is 0.484 e. The molecule has 18 heavy (non-hydrogen) atoms. The number of ether oxygens (including phenoxy) is 2. The zero-order chi connectivity index (χ0) is 13.8. The molecule has 7 heteroatoms. The van der Waals surface area contributed by atoms with E-state index in [0.29, 0.717) is 0 Å². The zero-order valence-electron chi connectivity index (χ0n) is 9.45. The minimum Gasteiger partial charge on any atom is -0.484 e. The van der Waals surface area contributed by atoms with Gasteiger partial charge in [0.1, 0.15) is 5.75 Å². The number of methoxy groups -OCH3 is 1. The molecular weight excluding hydrogens is 253 g/mol. The molecule has 0 aliphatic rings. The number of rotatable bonds is 4. The van der Waals surface area contributed by atoms with Gasteiger partial charge < -0.3 is 14.6 Å². The molecule has 0 aromatic heterocycles. The average Bonchev–Trinajstić information content (AvgIpc) is 2.34. The number of aliphatic hydroxyl groups excluding tert-OH is 1. The monoisotopic (exact) mass is 264 g/mol. The van der Waals surface area contributed by atoms with Crippen LogP contribution < -0.4 is 4.74 Å². The molecule has 0 aliphatic carbocycles. The van der Waals surface area contributed by atoms with Crippen molar-refractivity contribution in [2.45, 2.75) is 12.8 Å². The summed E-state index contributed by atoms with van der Waals surface area (Å²) in [4.78, 5) is 11.2.